The van der Waals surface area contributed by atoms with Crippen LogP contribution in [0.15, 0.2) is 64.8 Å². The quantitative estimate of drug-likeness (QED) is 0.494. The number of nitrogens with zero attached hydrogens (tertiary/aromatic N) is 3. The molecule has 1 aromatic carbocycles. The number of halogens is 1. The van der Waals surface area contributed by atoms with E-state index in [0.717, 1.165) is 16.3 Å². The average molecular weight is 408 g/mol. The number of rotatable bonds is 7. The summed E-state index contributed by atoms with van der Waals surface area (Å²) < 4.78 is 19.4. The van der Waals surface area contributed by atoms with E-state index in [1.165, 1.54) is 23.6 Å². The molecule has 0 aliphatic heterocycles. The summed E-state index contributed by atoms with van der Waals surface area (Å²) in [5.41, 5.74) is 2.20. The number of hydrogen-bond acceptors (Lipinski definition) is 6. The first-order valence-electron chi connectivity index (χ1n) is 9.00. The smallest absolute Gasteiger partial charge is 0.220 e. The minimum atomic E-state index is -0.373. The summed E-state index contributed by atoms with van der Waals surface area (Å²) in [5.74, 6) is 0.247. The molecule has 4 aromatic rings. The van der Waals surface area contributed by atoms with Gasteiger partial charge in [-0.15, -0.1) is 11.3 Å². The highest BCUT2D eigenvalue weighted by Crippen LogP contribution is 2.24. The molecule has 29 heavy (non-hydrogen) atoms. The van der Waals surface area contributed by atoms with E-state index >= 15 is 0 Å². The van der Waals surface area contributed by atoms with Gasteiger partial charge in [0, 0.05) is 36.2 Å². The first-order chi connectivity index (χ1) is 14.2. The molecule has 6 nitrogen and oxygen atoms in total. The maximum absolute atomic E-state index is 13.8. The zero-order chi connectivity index (χ0) is 20.1. The van der Waals surface area contributed by atoms with Crippen LogP contribution in [0.5, 0.6) is 0 Å². The van der Waals surface area contributed by atoms with Gasteiger partial charge in [0.05, 0.1) is 24.0 Å². The summed E-state index contributed by atoms with van der Waals surface area (Å²) >= 11 is 1.49. The number of oxazole rings is 1. The van der Waals surface area contributed by atoms with Gasteiger partial charge in [0.1, 0.15) is 10.8 Å². The summed E-state index contributed by atoms with van der Waals surface area (Å²) in [6.07, 6.45) is 5.47. The Morgan fingerprint density at radius 3 is 2.83 bits per heavy atom. The molecule has 1 N–H and O–H groups in total. The highest BCUT2D eigenvalue weighted by molar-refractivity contribution is 7.09. The Balaban J connectivity index is 1.28. The number of aryl methyl sites for hydroxylation is 1. The van der Waals surface area contributed by atoms with E-state index in [9.17, 15) is 9.18 Å². The molecular weight excluding hydrogens is 391 g/mol. The Morgan fingerprint density at radius 2 is 2.00 bits per heavy atom. The normalized spacial score (nSPS) is 10.8. The molecule has 0 aliphatic rings. The first kappa shape index (κ1) is 18.9. The molecule has 0 unspecified atom stereocenters. The molecule has 146 valence electrons. The van der Waals surface area contributed by atoms with Crippen molar-refractivity contribution in [2.24, 2.45) is 0 Å². The second kappa shape index (κ2) is 8.74. The van der Waals surface area contributed by atoms with Crippen LogP contribution in [0.25, 0.3) is 22.6 Å². The van der Waals surface area contributed by atoms with Crippen molar-refractivity contribution in [3.05, 3.63) is 77.1 Å². The number of amides is 1. The number of hydrogen-bond donors (Lipinski definition) is 1. The second-order valence-electron chi connectivity index (χ2n) is 6.24. The van der Waals surface area contributed by atoms with Gasteiger partial charge in [-0.05, 0) is 24.3 Å². The molecule has 0 aliphatic carbocycles. The van der Waals surface area contributed by atoms with Gasteiger partial charge >= 0.3 is 0 Å². The van der Waals surface area contributed by atoms with E-state index in [4.69, 9.17) is 4.42 Å². The van der Waals surface area contributed by atoms with E-state index in [1.807, 2.05) is 17.5 Å². The summed E-state index contributed by atoms with van der Waals surface area (Å²) in [7, 11) is 0. The molecule has 8 heteroatoms. The maximum Gasteiger partial charge on any atom is 0.220 e. The van der Waals surface area contributed by atoms with Crippen LogP contribution >= 0.6 is 11.3 Å². The van der Waals surface area contributed by atoms with E-state index in [1.54, 1.807) is 30.6 Å². The lowest BCUT2D eigenvalue weighted by atomic mass is 10.2. The van der Waals surface area contributed by atoms with Crippen molar-refractivity contribution in [1.82, 2.24) is 20.3 Å². The zero-order valence-corrected chi connectivity index (χ0v) is 16.2. The van der Waals surface area contributed by atoms with Crippen LogP contribution < -0.4 is 5.32 Å². The average Bonchev–Trinajstić information content (AvgIpc) is 3.41. The Morgan fingerprint density at radius 1 is 1.17 bits per heavy atom. The van der Waals surface area contributed by atoms with Crippen molar-refractivity contribution >= 4 is 17.2 Å². The Labute approximate surface area is 170 Å². The molecule has 0 saturated carbocycles. The van der Waals surface area contributed by atoms with Gasteiger partial charge < -0.3 is 9.73 Å². The molecule has 1 amide bonds. The highest BCUT2D eigenvalue weighted by Gasteiger charge is 2.12. The third-order valence-corrected chi connectivity index (χ3v) is 5.07. The lowest BCUT2D eigenvalue weighted by Crippen LogP contribution is -2.22. The molecule has 4 rings (SSSR count). The number of thiazole rings is 1. The Kier molecular flexibility index (Phi) is 5.71. The molecule has 0 saturated heterocycles. The van der Waals surface area contributed by atoms with Crippen LogP contribution in [0.2, 0.25) is 0 Å². The molecule has 0 atom stereocenters. The minimum absolute atomic E-state index is 0.128. The number of pyridine rings is 1. The minimum Gasteiger partial charge on any atom is -0.441 e. The van der Waals surface area contributed by atoms with Crippen molar-refractivity contribution in [3.63, 3.8) is 0 Å². The summed E-state index contributed by atoms with van der Waals surface area (Å²) in [6.45, 7) is 0.362. The van der Waals surface area contributed by atoms with Crippen LogP contribution in [-0.2, 0) is 17.8 Å². The van der Waals surface area contributed by atoms with Crippen molar-refractivity contribution in [3.8, 4) is 22.6 Å². The molecule has 0 fully saturated rings. The third kappa shape index (κ3) is 4.72. The lowest BCUT2D eigenvalue weighted by molar-refractivity contribution is -0.121. The van der Waals surface area contributed by atoms with E-state index in [2.05, 4.69) is 20.3 Å². The van der Waals surface area contributed by atoms with E-state index < -0.39 is 0 Å². The van der Waals surface area contributed by atoms with Crippen molar-refractivity contribution < 1.29 is 13.6 Å². The molecule has 0 radical (unpaired) electrons. The lowest BCUT2D eigenvalue weighted by Gasteiger charge is -2.02. The largest absolute Gasteiger partial charge is 0.441 e. The van der Waals surface area contributed by atoms with E-state index in [0.29, 0.717) is 30.2 Å². The first-order valence-corrected chi connectivity index (χ1v) is 9.88. The monoisotopic (exact) mass is 408 g/mol. The molecule has 0 bridgehead atoms. The topological polar surface area (TPSA) is 80.9 Å². The number of aromatic nitrogens is 3. The SMILES string of the molecule is O=C(CCc1ncc(-c2ccccc2F)o1)NCc1nc(-c2ccncc2)cs1. The fourth-order valence-corrected chi connectivity index (χ4v) is 3.48. The maximum atomic E-state index is 13.8. The summed E-state index contributed by atoms with van der Waals surface area (Å²) in [4.78, 5) is 24.8. The van der Waals surface area contributed by atoms with E-state index in [-0.39, 0.29) is 18.1 Å². The Bertz CT molecular complexity index is 1110. The second-order valence-corrected chi connectivity index (χ2v) is 7.18. The van der Waals surface area contributed by atoms with Crippen molar-refractivity contribution in [2.75, 3.05) is 0 Å². The number of carbonyl (C=O) groups is 1. The number of benzene rings is 1. The summed E-state index contributed by atoms with van der Waals surface area (Å²) in [6, 6.07) is 10.1. The third-order valence-electron chi connectivity index (χ3n) is 4.22. The predicted molar refractivity (Wildman–Crippen MR) is 107 cm³/mol. The van der Waals surface area contributed by atoms with Crippen LogP contribution in [0.1, 0.15) is 17.3 Å². The van der Waals surface area contributed by atoms with Crippen molar-refractivity contribution in [1.29, 1.82) is 0 Å². The number of nitrogens with one attached hydrogen (secondary N) is 1. The van der Waals surface area contributed by atoms with Crippen LogP contribution in [0.3, 0.4) is 0 Å². The van der Waals surface area contributed by atoms with Gasteiger partial charge in [0.15, 0.2) is 11.7 Å². The number of carbonyl (C=O) groups excluding carboxylic acids is 1. The van der Waals surface area contributed by atoms with Gasteiger partial charge in [0.2, 0.25) is 5.91 Å². The fraction of sp³-hybridized carbons (Fsp3) is 0.143. The molecule has 3 aromatic heterocycles. The fourth-order valence-electron chi connectivity index (χ4n) is 2.74. The standard InChI is InChI=1S/C21H17FN4O2S/c22-16-4-2-1-3-15(16)18-11-25-20(28-18)6-5-19(27)24-12-21-26-17(13-29-21)14-7-9-23-10-8-14/h1-4,7-11,13H,5-6,12H2,(H,24,27). The van der Waals surface area contributed by atoms with Gasteiger partial charge in [-0.3, -0.25) is 9.78 Å². The highest BCUT2D eigenvalue weighted by atomic mass is 32.1. The van der Waals surface area contributed by atoms with Gasteiger partial charge in [-0.1, -0.05) is 12.1 Å². The Hall–Kier alpha value is -3.39. The van der Waals surface area contributed by atoms with Crippen LogP contribution in [-0.4, -0.2) is 20.9 Å². The van der Waals surface area contributed by atoms with Crippen molar-refractivity contribution in [2.45, 2.75) is 19.4 Å². The van der Waals surface area contributed by atoms with Crippen LogP contribution in [0, 0.1) is 5.82 Å². The van der Waals surface area contributed by atoms with Gasteiger partial charge in [0.25, 0.3) is 0 Å². The molecule has 0 spiro atoms. The van der Waals surface area contributed by atoms with Gasteiger partial charge in [-0.2, -0.15) is 0 Å². The van der Waals surface area contributed by atoms with Gasteiger partial charge in [-0.25, -0.2) is 14.4 Å². The zero-order valence-electron chi connectivity index (χ0n) is 15.3. The molecule has 3 heterocycles. The molecular formula is C21H17FN4O2S. The van der Waals surface area contributed by atoms with Crippen LogP contribution in [0.4, 0.5) is 4.39 Å². The predicted octanol–water partition coefficient (Wildman–Crippen LogP) is 4.25. The summed E-state index contributed by atoms with van der Waals surface area (Å²) in [5, 5.41) is 5.62.